The summed E-state index contributed by atoms with van der Waals surface area (Å²) in [4.78, 5) is 16.2. The van der Waals surface area contributed by atoms with Crippen LogP contribution in [0.4, 0.5) is 5.69 Å². The predicted molar refractivity (Wildman–Crippen MR) is 131 cm³/mol. The summed E-state index contributed by atoms with van der Waals surface area (Å²) >= 11 is 0. The Morgan fingerprint density at radius 3 is 2.74 bits per heavy atom. The minimum atomic E-state index is -0.268. The van der Waals surface area contributed by atoms with Gasteiger partial charge < -0.3 is 29.8 Å². The quantitative estimate of drug-likeness (QED) is 0.184. The molecule has 0 bridgehead atoms. The third-order valence-corrected chi connectivity index (χ3v) is 4.73. The molecule has 1 amide bonds. The lowest BCUT2D eigenvalue weighted by molar-refractivity contribution is 0.0168. The predicted octanol–water partition coefficient (Wildman–Crippen LogP) is 3.40. The fourth-order valence-corrected chi connectivity index (χ4v) is 3.08. The van der Waals surface area contributed by atoms with E-state index < -0.39 is 0 Å². The second-order valence-corrected chi connectivity index (χ2v) is 7.04. The standard InChI is InChI=1S/C22H30N4O4.HI/c1-23-22(24-11-4-12-28-16-19-5-2-13-29-19)25-15-17-7-9-18(10-8-17)26-21(27)20-6-3-14-30-20;/h3,6-10,14,19H,2,4-5,11-13,15-16H2,1H3,(H,26,27)(H2,23,24,25);1H. The van der Waals surface area contributed by atoms with E-state index in [0.29, 0.717) is 25.4 Å². The molecule has 1 fully saturated rings. The number of guanidine groups is 1. The highest BCUT2D eigenvalue weighted by Gasteiger charge is 2.14. The second-order valence-electron chi connectivity index (χ2n) is 7.04. The first-order chi connectivity index (χ1) is 14.7. The summed E-state index contributed by atoms with van der Waals surface area (Å²) in [5, 5.41) is 9.36. The molecule has 0 aliphatic carbocycles. The first-order valence-corrected chi connectivity index (χ1v) is 10.3. The molecule has 1 aliphatic heterocycles. The fourth-order valence-electron chi connectivity index (χ4n) is 3.08. The molecule has 1 atom stereocenters. The van der Waals surface area contributed by atoms with Crippen molar-refractivity contribution in [3.05, 3.63) is 54.0 Å². The molecule has 0 radical (unpaired) electrons. The molecule has 8 nitrogen and oxygen atoms in total. The van der Waals surface area contributed by atoms with Crippen LogP contribution in [0, 0.1) is 0 Å². The molecule has 2 aromatic rings. The number of carbonyl (C=O) groups is 1. The molecule has 1 aromatic heterocycles. The van der Waals surface area contributed by atoms with E-state index in [9.17, 15) is 4.79 Å². The Hall–Kier alpha value is -2.11. The Morgan fingerprint density at radius 1 is 1.23 bits per heavy atom. The number of carbonyl (C=O) groups excluding carboxylic acids is 1. The van der Waals surface area contributed by atoms with Crippen LogP contribution in [-0.4, -0.2) is 51.4 Å². The highest BCUT2D eigenvalue weighted by Crippen LogP contribution is 2.12. The number of ether oxygens (including phenoxy) is 2. The Kier molecular flexibility index (Phi) is 11.4. The van der Waals surface area contributed by atoms with Gasteiger partial charge in [0.2, 0.25) is 0 Å². The van der Waals surface area contributed by atoms with Gasteiger partial charge in [0.05, 0.1) is 19.0 Å². The molecular weight excluding hydrogens is 511 g/mol. The SMILES string of the molecule is CN=C(NCCCOCC1CCCO1)NCc1ccc(NC(=O)c2ccco2)cc1.I. The molecule has 3 N–H and O–H groups in total. The van der Waals surface area contributed by atoms with Crippen molar-refractivity contribution >= 4 is 41.5 Å². The van der Waals surface area contributed by atoms with Crippen LogP contribution in [0.25, 0.3) is 0 Å². The van der Waals surface area contributed by atoms with E-state index in [1.54, 1.807) is 19.2 Å². The van der Waals surface area contributed by atoms with E-state index in [-0.39, 0.29) is 41.7 Å². The lowest BCUT2D eigenvalue weighted by Gasteiger charge is -2.13. The molecule has 0 spiro atoms. The van der Waals surface area contributed by atoms with E-state index in [2.05, 4.69) is 20.9 Å². The zero-order chi connectivity index (χ0) is 21.0. The normalized spacial score (nSPS) is 15.9. The van der Waals surface area contributed by atoms with Crippen LogP contribution in [0.5, 0.6) is 0 Å². The van der Waals surface area contributed by atoms with Gasteiger partial charge in [-0.3, -0.25) is 9.79 Å². The Balaban J connectivity index is 0.00000341. The van der Waals surface area contributed by atoms with Gasteiger partial charge in [0, 0.05) is 39.0 Å². The molecular formula is C22H31IN4O4. The van der Waals surface area contributed by atoms with Crippen LogP contribution in [0.2, 0.25) is 0 Å². The molecule has 3 rings (SSSR count). The molecule has 1 aliphatic rings. The molecule has 1 saturated heterocycles. The van der Waals surface area contributed by atoms with Crippen molar-refractivity contribution in [2.75, 3.05) is 38.7 Å². The minimum absolute atomic E-state index is 0. The summed E-state index contributed by atoms with van der Waals surface area (Å²) in [6.07, 6.45) is 4.89. The van der Waals surface area contributed by atoms with Gasteiger partial charge in [-0.25, -0.2) is 0 Å². The maximum absolute atomic E-state index is 12.0. The van der Waals surface area contributed by atoms with Crippen molar-refractivity contribution in [1.82, 2.24) is 10.6 Å². The van der Waals surface area contributed by atoms with Gasteiger partial charge in [-0.15, -0.1) is 24.0 Å². The van der Waals surface area contributed by atoms with Gasteiger partial charge in [0.15, 0.2) is 11.7 Å². The number of benzene rings is 1. The van der Waals surface area contributed by atoms with Crippen LogP contribution in [-0.2, 0) is 16.0 Å². The number of rotatable bonds is 10. The fraction of sp³-hybridized carbons (Fsp3) is 0.455. The highest BCUT2D eigenvalue weighted by molar-refractivity contribution is 14.0. The lowest BCUT2D eigenvalue weighted by Crippen LogP contribution is -2.37. The van der Waals surface area contributed by atoms with Crippen molar-refractivity contribution in [3.8, 4) is 0 Å². The van der Waals surface area contributed by atoms with Crippen LogP contribution < -0.4 is 16.0 Å². The zero-order valence-electron chi connectivity index (χ0n) is 17.8. The average Bonchev–Trinajstić information content (AvgIpc) is 3.48. The number of hydrogen-bond donors (Lipinski definition) is 3. The number of nitrogens with zero attached hydrogens (tertiary/aromatic N) is 1. The van der Waals surface area contributed by atoms with Gasteiger partial charge in [0.1, 0.15) is 0 Å². The number of halogens is 1. The van der Waals surface area contributed by atoms with Crippen molar-refractivity contribution in [2.24, 2.45) is 4.99 Å². The first-order valence-electron chi connectivity index (χ1n) is 10.3. The molecule has 31 heavy (non-hydrogen) atoms. The third-order valence-electron chi connectivity index (χ3n) is 4.73. The molecule has 170 valence electrons. The number of hydrogen-bond acceptors (Lipinski definition) is 5. The number of anilines is 1. The minimum Gasteiger partial charge on any atom is -0.459 e. The van der Waals surface area contributed by atoms with Gasteiger partial charge >= 0.3 is 0 Å². The van der Waals surface area contributed by atoms with E-state index in [1.807, 2.05) is 24.3 Å². The Morgan fingerprint density at radius 2 is 2.06 bits per heavy atom. The van der Waals surface area contributed by atoms with Gasteiger partial charge in [0.25, 0.3) is 5.91 Å². The van der Waals surface area contributed by atoms with Crippen molar-refractivity contribution in [1.29, 1.82) is 0 Å². The monoisotopic (exact) mass is 542 g/mol. The average molecular weight is 542 g/mol. The van der Waals surface area contributed by atoms with E-state index in [1.165, 1.54) is 6.26 Å². The maximum Gasteiger partial charge on any atom is 0.291 e. The number of nitrogens with one attached hydrogen (secondary N) is 3. The lowest BCUT2D eigenvalue weighted by atomic mass is 10.2. The summed E-state index contributed by atoms with van der Waals surface area (Å²) in [6.45, 7) is 3.66. The molecule has 0 saturated carbocycles. The first kappa shape index (κ1) is 25.2. The molecule has 2 heterocycles. The van der Waals surface area contributed by atoms with Crippen molar-refractivity contribution in [3.63, 3.8) is 0 Å². The van der Waals surface area contributed by atoms with Gasteiger partial charge in [-0.05, 0) is 49.1 Å². The van der Waals surface area contributed by atoms with Crippen molar-refractivity contribution in [2.45, 2.75) is 31.9 Å². The van der Waals surface area contributed by atoms with E-state index in [4.69, 9.17) is 13.9 Å². The number of furan rings is 1. The Labute approximate surface area is 200 Å². The summed E-state index contributed by atoms with van der Waals surface area (Å²) < 4.78 is 16.3. The molecule has 1 unspecified atom stereocenters. The topological polar surface area (TPSA) is 97.1 Å². The van der Waals surface area contributed by atoms with E-state index >= 15 is 0 Å². The van der Waals surface area contributed by atoms with Crippen LogP contribution in [0.3, 0.4) is 0 Å². The van der Waals surface area contributed by atoms with Crippen LogP contribution in [0.1, 0.15) is 35.4 Å². The summed E-state index contributed by atoms with van der Waals surface area (Å²) in [5.74, 6) is 0.757. The van der Waals surface area contributed by atoms with Crippen LogP contribution in [0.15, 0.2) is 52.1 Å². The number of aliphatic imine (C=N–C) groups is 1. The zero-order valence-corrected chi connectivity index (χ0v) is 20.1. The van der Waals surface area contributed by atoms with Crippen LogP contribution >= 0.6 is 24.0 Å². The van der Waals surface area contributed by atoms with Gasteiger partial charge in [-0.2, -0.15) is 0 Å². The molecule has 1 aromatic carbocycles. The summed E-state index contributed by atoms with van der Waals surface area (Å²) in [5.41, 5.74) is 1.79. The molecule has 9 heteroatoms. The third kappa shape index (κ3) is 8.88. The summed E-state index contributed by atoms with van der Waals surface area (Å²) in [6, 6.07) is 10.9. The number of amides is 1. The Bertz CT molecular complexity index is 790. The highest BCUT2D eigenvalue weighted by atomic mass is 127. The van der Waals surface area contributed by atoms with E-state index in [0.717, 1.165) is 43.9 Å². The van der Waals surface area contributed by atoms with Gasteiger partial charge in [-0.1, -0.05) is 12.1 Å². The summed E-state index contributed by atoms with van der Waals surface area (Å²) in [7, 11) is 1.75. The second kappa shape index (κ2) is 14.0. The largest absolute Gasteiger partial charge is 0.459 e. The van der Waals surface area contributed by atoms with Crippen molar-refractivity contribution < 1.29 is 18.7 Å². The smallest absolute Gasteiger partial charge is 0.291 e. The maximum atomic E-state index is 12.0.